The number of aromatic nitrogens is 1. The van der Waals surface area contributed by atoms with E-state index in [-0.39, 0.29) is 18.2 Å². The van der Waals surface area contributed by atoms with Gasteiger partial charge in [-0.3, -0.25) is 9.59 Å². The van der Waals surface area contributed by atoms with Crippen LogP contribution in [0.25, 0.3) is 10.9 Å². The summed E-state index contributed by atoms with van der Waals surface area (Å²) in [5, 5.41) is 16.8. The van der Waals surface area contributed by atoms with Gasteiger partial charge in [-0.2, -0.15) is 0 Å². The maximum Gasteiger partial charge on any atom is 0.251 e. The Bertz CT molecular complexity index is 1340. The van der Waals surface area contributed by atoms with Crippen molar-refractivity contribution in [1.82, 2.24) is 15.6 Å². The molecule has 0 aliphatic rings. The second-order valence-corrected chi connectivity index (χ2v) is 9.86. The molecule has 1 heterocycles. The van der Waals surface area contributed by atoms with E-state index < -0.39 is 11.6 Å². The molecule has 3 aromatic carbocycles. The van der Waals surface area contributed by atoms with E-state index in [1.165, 1.54) is 11.1 Å². The van der Waals surface area contributed by atoms with Gasteiger partial charge in [-0.1, -0.05) is 66.2 Å². The van der Waals surface area contributed by atoms with Crippen molar-refractivity contribution in [1.29, 1.82) is 0 Å². The maximum atomic E-state index is 13.7. The Kier molecular flexibility index (Phi) is 7.67. The highest BCUT2D eigenvalue weighted by atomic mass is 16.3. The van der Waals surface area contributed by atoms with Crippen LogP contribution in [0.3, 0.4) is 0 Å². The van der Waals surface area contributed by atoms with Crippen molar-refractivity contribution in [3.05, 3.63) is 107 Å². The number of fused-ring (bicyclic) bond motifs is 1. The lowest BCUT2D eigenvalue weighted by molar-refractivity contribution is 0.0694. The van der Waals surface area contributed by atoms with E-state index in [1.807, 2.05) is 30.3 Å². The van der Waals surface area contributed by atoms with Crippen molar-refractivity contribution in [2.75, 3.05) is 13.1 Å². The van der Waals surface area contributed by atoms with E-state index in [1.54, 1.807) is 38.2 Å². The molecular formula is C30H33N3O3. The predicted molar refractivity (Wildman–Crippen MR) is 143 cm³/mol. The van der Waals surface area contributed by atoms with Gasteiger partial charge in [0.25, 0.3) is 5.91 Å². The Morgan fingerprint density at radius 3 is 2.42 bits per heavy atom. The molecule has 1 aromatic heterocycles. The second-order valence-electron chi connectivity index (χ2n) is 9.86. The molecule has 0 saturated carbocycles. The topological polar surface area (TPSA) is 94.2 Å². The number of benzene rings is 3. The number of nitrogens with one attached hydrogen (secondary N) is 3. The fourth-order valence-electron chi connectivity index (χ4n) is 4.15. The van der Waals surface area contributed by atoms with Gasteiger partial charge in [0.2, 0.25) is 0 Å². The van der Waals surface area contributed by atoms with Crippen molar-refractivity contribution >= 4 is 22.6 Å². The summed E-state index contributed by atoms with van der Waals surface area (Å²) in [6.07, 6.45) is 2.52. The summed E-state index contributed by atoms with van der Waals surface area (Å²) in [5.41, 5.74) is 4.10. The molecule has 4 N–H and O–H groups in total. The molecule has 0 saturated heterocycles. The molecule has 4 aromatic rings. The van der Waals surface area contributed by atoms with Crippen LogP contribution >= 0.6 is 0 Å². The highest BCUT2D eigenvalue weighted by molar-refractivity contribution is 6.11. The van der Waals surface area contributed by atoms with Crippen LogP contribution in [0.2, 0.25) is 0 Å². The number of aliphatic hydroxyl groups is 1. The van der Waals surface area contributed by atoms with Crippen LogP contribution in [-0.2, 0) is 6.42 Å². The van der Waals surface area contributed by atoms with Crippen molar-refractivity contribution in [3.8, 4) is 0 Å². The van der Waals surface area contributed by atoms with Gasteiger partial charge in [-0.05, 0) is 50.5 Å². The lowest BCUT2D eigenvalue weighted by Gasteiger charge is -2.18. The van der Waals surface area contributed by atoms with Crippen LogP contribution in [0, 0.1) is 6.92 Å². The van der Waals surface area contributed by atoms with Crippen LogP contribution in [0.1, 0.15) is 57.3 Å². The van der Waals surface area contributed by atoms with Crippen molar-refractivity contribution in [2.24, 2.45) is 0 Å². The largest absolute Gasteiger partial charge is 0.389 e. The van der Waals surface area contributed by atoms with E-state index in [4.69, 9.17) is 0 Å². The number of aryl methyl sites for hydroxylation is 1. The average molecular weight is 484 g/mol. The highest BCUT2D eigenvalue weighted by Gasteiger charge is 2.24. The number of H-pyrrole nitrogens is 1. The number of rotatable bonds is 10. The smallest absolute Gasteiger partial charge is 0.251 e. The molecular weight excluding hydrogens is 450 g/mol. The van der Waals surface area contributed by atoms with Gasteiger partial charge in [0.05, 0.1) is 11.6 Å². The van der Waals surface area contributed by atoms with Crippen LogP contribution < -0.4 is 10.6 Å². The summed E-state index contributed by atoms with van der Waals surface area (Å²) >= 11 is 0. The monoisotopic (exact) mass is 483 g/mol. The predicted octanol–water partition coefficient (Wildman–Crippen LogP) is 4.73. The fourth-order valence-corrected chi connectivity index (χ4v) is 4.15. The zero-order chi connectivity index (χ0) is 25.7. The Hall–Kier alpha value is -3.74. The van der Waals surface area contributed by atoms with Crippen LogP contribution in [0.4, 0.5) is 0 Å². The van der Waals surface area contributed by atoms with Crippen LogP contribution in [0.5, 0.6) is 0 Å². The summed E-state index contributed by atoms with van der Waals surface area (Å²) in [6, 6.07) is 22.9. The Labute approximate surface area is 211 Å². The SMILES string of the molecule is Cc1ccc(CCN[C@H](C(=O)c2c[nH]c3cc(C(=O)NCC(C)(C)O)ccc23)c2ccccc2)cc1. The van der Waals surface area contributed by atoms with Gasteiger partial charge < -0.3 is 20.7 Å². The van der Waals surface area contributed by atoms with Crippen molar-refractivity contribution in [2.45, 2.75) is 38.8 Å². The van der Waals surface area contributed by atoms with Gasteiger partial charge in [-0.25, -0.2) is 0 Å². The third kappa shape index (κ3) is 6.27. The molecule has 1 amide bonds. The molecule has 0 aliphatic heterocycles. The molecule has 6 nitrogen and oxygen atoms in total. The minimum absolute atomic E-state index is 0.0319. The first-order chi connectivity index (χ1) is 17.2. The first kappa shape index (κ1) is 25.4. The molecule has 0 spiro atoms. The number of amides is 1. The summed E-state index contributed by atoms with van der Waals surface area (Å²) in [7, 11) is 0. The summed E-state index contributed by atoms with van der Waals surface area (Å²) in [4.78, 5) is 29.4. The summed E-state index contributed by atoms with van der Waals surface area (Å²) < 4.78 is 0. The second kappa shape index (κ2) is 10.9. The fraction of sp³-hybridized carbons (Fsp3) is 0.267. The quantitative estimate of drug-likeness (QED) is 0.245. The van der Waals surface area contributed by atoms with Crippen LogP contribution in [-0.4, -0.2) is 40.5 Å². The molecule has 4 rings (SSSR count). The lowest BCUT2D eigenvalue weighted by Crippen LogP contribution is -2.38. The minimum Gasteiger partial charge on any atom is -0.389 e. The molecule has 0 radical (unpaired) electrons. The Morgan fingerprint density at radius 1 is 1.00 bits per heavy atom. The lowest BCUT2D eigenvalue weighted by atomic mass is 9.96. The number of Topliss-reactive ketones (excluding diaryl/α,β-unsaturated/α-hetero) is 1. The highest BCUT2D eigenvalue weighted by Crippen LogP contribution is 2.26. The zero-order valence-electron chi connectivity index (χ0n) is 21.0. The number of ketones is 1. The number of hydrogen-bond donors (Lipinski definition) is 4. The molecule has 0 unspecified atom stereocenters. The van der Waals surface area contributed by atoms with E-state index in [2.05, 4.69) is 46.8 Å². The first-order valence-electron chi connectivity index (χ1n) is 12.2. The normalized spacial score (nSPS) is 12.4. The molecule has 6 heteroatoms. The molecule has 0 fully saturated rings. The van der Waals surface area contributed by atoms with E-state index in [9.17, 15) is 14.7 Å². The van der Waals surface area contributed by atoms with Crippen LogP contribution in [0.15, 0.2) is 79.0 Å². The summed E-state index contributed by atoms with van der Waals surface area (Å²) in [5.74, 6) is -0.308. The Balaban J connectivity index is 1.54. The average Bonchev–Trinajstić information content (AvgIpc) is 3.29. The van der Waals surface area contributed by atoms with Crippen molar-refractivity contribution in [3.63, 3.8) is 0 Å². The molecule has 36 heavy (non-hydrogen) atoms. The molecule has 0 bridgehead atoms. The van der Waals surface area contributed by atoms with Gasteiger partial charge >= 0.3 is 0 Å². The third-order valence-corrected chi connectivity index (χ3v) is 6.17. The Morgan fingerprint density at radius 2 is 1.72 bits per heavy atom. The maximum absolute atomic E-state index is 13.7. The first-order valence-corrected chi connectivity index (χ1v) is 12.2. The molecule has 1 atom stereocenters. The van der Waals surface area contributed by atoms with Gasteiger partial charge in [0, 0.05) is 41.3 Å². The van der Waals surface area contributed by atoms with Gasteiger partial charge in [-0.15, -0.1) is 0 Å². The zero-order valence-corrected chi connectivity index (χ0v) is 21.0. The van der Waals surface area contributed by atoms with E-state index in [0.29, 0.717) is 23.2 Å². The minimum atomic E-state index is -0.995. The standard InChI is InChI=1S/C30H33N3O3/c1-20-9-11-21(12-10-20)15-16-31-27(22-7-5-4-6-8-22)28(34)25-18-32-26-17-23(13-14-24(25)26)29(35)33-19-30(2,3)36/h4-14,17-18,27,31-32,36H,15-16,19H2,1-3H3,(H,33,35)/t27-/m0/s1. The third-order valence-electron chi connectivity index (χ3n) is 6.17. The van der Waals surface area contributed by atoms with E-state index >= 15 is 0 Å². The summed E-state index contributed by atoms with van der Waals surface area (Å²) in [6.45, 7) is 6.14. The van der Waals surface area contributed by atoms with E-state index in [0.717, 1.165) is 17.4 Å². The van der Waals surface area contributed by atoms with Gasteiger partial charge in [0.1, 0.15) is 0 Å². The number of carbonyl (C=O) groups excluding carboxylic acids is 2. The number of aromatic amines is 1. The molecule has 0 aliphatic carbocycles. The van der Waals surface area contributed by atoms with Crippen molar-refractivity contribution < 1.29 is 14.7 Å². The van der Waals surface area contributed by atoms with Gasteiger partial charge in [0.15, 0.2) is 5.78 Å². The molecule has 186 valence electrons. The number of hydrogen-bond acceptors (Lipinski definition) is 4. The number of carbonyl (C=O) groups is 2.